The number of carboxylic acid groups (broad SMARTS) is 1. The van der Waals surface area contributed by atoms with Gasteiger partial charge < -0.3 is 15.2 Å². The average Bonchev–Trinajstić information content (AvgIpc) is 3.31. The number of carbonyl (C=O) groups is 2. The van der Waals surface area contributed by atoms with E-state index in [1.807, 2.05) is 49.6 Å². The van der Waals surface area contributed by atoms with Gasteiger partial charge in [-0.15, -0.1) is 0 Å². The maximum absolute atomic E-state index is 13.4. The van der Waals surface area contributed by atoms with Crippen LogP contribution in [0.4, 0.5) is 0 Å². The van der Waals surface area contributed by atoms with E-state index in [9.17, 15) is 14.7 Å². The van der Waals surface area contributed by atoms with Crippen molar-refractivity contribution in [3.8, 4) is 11.1 Å². The summed E-state index contributed by atoms with van der Waals surface area (Å²) in [7, 11) is 1.76. The van der Waals surface area contributed by atoms with Gasteiger partial charge in [-0.3, -0.25) is 9.69 Å². The van der Waals surface area contributed by atoms with E-state index in [-0.39, 0.29) is 5.91 Å². The molecule has 0 saturated carbocycles. The molecule has 0 radical (unpaired) electrons. The van der Waals surface area contributed by atoms with Crippen LogP contribution in [0.3, 0.4) is 0 Å². The number of ether oxygens (including phenoxy) is 1. The van der Waals surface area contributed by atoms with Crippen LogP contribution in [0, 0.1) is 12.8 Å². The molecule has 1 aliphatic rings. The molecule has 1 fully saturated rings. The maximum Gasteiger partial charge on any atom is 0.326 e. The van der Waals surface area contributed by atoms with Crippen molar-refractivity contribution in [3.63, 3.8) is 0 Å². The molecule has 0 aliphatic carbocycles. The minimum atomic E-state index is -1.01. The van der Waals surface area contributed by atoms with E-state index in [2.05, 4.69) is 46.6 Å². The Kier molecular flexibility index (Phi) is 10.8. The summed E-state index contributed by atoms with van der Waals surface area (Å²) < 4.78 is 5.59. The summed E-state index contributed by atoms with van der Waals surface area (Å²) >= 11 is 1.56. The topological polar surface area (TPSA) is 78.9 Å². The molecule has 3 aromatic rings. The molecule has 1 aliphatic heterocycles. The second kappa shape index (κ2) is 14.5. The molecule has 0 aromatic heterocycles. The first-order valence-corrected chi connectivity index (χ1v) is 15.3. The van der Waals surface area contributed by atoms with Crippen LogP contribution < -0.4 is 5.32 Å². The Bertz CT molecular complexity index is 1280. The van der Waals surface area contributed by atoms with Crippen molar-refractivity contribution in [3.05, 3.63) is 95.1 Å². The van der Waals surface area contributed by atoms with Gasteiger partial charge in [-0.2, -0.15) is 11.8 Å². The number of benzene rings is 3. The van der Waals surface area contributed by atoms with E-state index in [4.69, 9.17) is 4.74 Å². The summed E-state index contributed by atoms with van der Waals surface area (Å²) in [6, 6.07) is 24.0. The van der Waals surface area contributed by atoms with Gasteiger partial charge in [-0.25, -0.2) is 4.79 Å². The molecule has 0 spiro atoms. The van der Waals surface area contributed by atoms with Gasteiger partial charge >= 0.3 is 5.97 Å². The largest absolute Gasteiger partial charge is 0.480 e. The molecule has 0 bridgehead atoms. The Labute approximate surface area is 242 Å². The molecule has 1 saturated heterocycles. The zero-order chi connectivity index (χ0) is 28.5. The normalized spacial score (nSPS) is 18.0. The van der Waals surface area contributed by atoms with Crippen LogP contribution >= 0.6 is 11.8 Å². The summed E-state index contributed by atoms with van der Waals surface area (Å²) in [5.41, 5.74) is 5.83. The summed E-state index contributed by atoms with van der Waals surface area (Å²) in [5, 5.41) is 12.4. The number of nitrogens with one attached hydrogen (secondary N) is 1. The van der Waals surface area contributed by atoms with E-state index >= 15 is 0 Å². The number of hydrogen-bond acceptors (Lipinski definition) is 5. The molecule has 40 heavy (non-hydrogen) atoms. The number of thioether (sulfide) groups is 1. The molecule has 3 aromatic carbocycles. The zero-order valence-corrected chi connectivity index (χ0v) is 24.5. The van der Waals surface area contributed by atoms with Crippen LogP contribution in [-0.4, -0.2) is 66.2 Å². The standard InChI is InChI=1S/C33H40N2O4S/c1-23-9-7-8-12-28(23)30-19-25(13-14-29(30)32(36)34-31(33(37)38)15-16-40-3)20-35-21-26(18-27(35)22-39-2)17-24-10-5-4-6-11-24/h4-14,19,26-27,31H,15-18,20-22H2,1-3H3,(H,34,36)(H,37,38)/t26-,27+,31-/m0/s1. The molecule has 1 amide bonds. The predicted octanol–water partition coefficient (Wildman–Crippen LogP) is 5.68. The van der Waals surface area contributed by atoms with Gasteiger partial charge in [0.25, 0.3) is 5.91 Å². The fourth-order valence-corrected chi connectivity index (χ4v) is 6.16. The number of carbonyl (C=O) groups excluding carboxylic acids is 1. The summed E-state index contributed by atoms with van der Waals surface area (Å²) in [6.07, 6.45) is 4.43. The smallest absolute Gasteiger partial charge is 0.326 e. The van der Waals surface area contributed by atoms with E-state index in [1.54, 1.807) is 18.9 Å². The van der Waals surface area contributed by atoms with Crippen molar-refractivity contribution >= 4 is 23.6 Å². The van der Waals surface area contributed by atoms with E-state index in [0.29, 0.717) is 36.3 Å². The first-order chi connectivity index (χ1) is 19.4. The van der Waals surface area contributed by atoms with Gasteiger partial charge in [-0.1, -0.05) is 60.7 Å². The van der Waals surface area contributed by atoms with Crippen LogP contribution in [0.2, 0.25) is 0 Å². The Morgan fingerprint density at radius 1 is 1.05 bits per heavy atom. The zero-order valence-electron chi connectivity index (χ0n) is 23.6. The minimum Gasteiger partial charge on any atom is -0.480 e. The minimum absolute atomic E-state index is 0.330. The third-order valence-electron chi connectivity index (χ3n) is 7.70. The second-order valence-electron chi connectivity index (χ2n) is 10.7. The number of methoxy groups -OCH3 is 1. The average molecular weight is 561 g/mol. The van der Waals surface area contributed by atoms with E-state index in [1.165, 1.54) is 5.56 Å². The highest BCUT2D eigenvalue weighted by atomic mass is 32.2. The van der Waals surface area contributed by atoms with Gasteiger partial charge in [0.2, 0.25) is 0 Å². The lowest BCUT2D eigenvalue weighted by atomic mass is 9.93. The SMILES string of the molecule is COC[C@H]1C[C@H](Cc2ccccc2)CN1Cc1ccc(C(=O)N[C@@H](CCSC)C(=O)O)c(-c2ccccc2C)c1. The number of rotatable bonds is 13. The van der Waals surface area contributed by atoms with Crippen molar-refractivity contribution in [2.24, 2.45) is 5.92 Å². The lowest BCUT2D eigenvalue weighted by Crippen LogP contribution is -2.41. The fraction of sp³-hybridized carbons (Fsp3) is 0.394. The van der Waals surface area contributed by atoms with Crippen LogP contribution in [0.5, 0.6) is 0 Å². The first kappa shape index (κ1) is 29.8. The van der Waals surface area contributed by atoms with E-state index in [0.717, 1.165) is 48.2 Å². The Balaban J connectivity index is 1.59. The molecule has 3 atom stereocenters. The second-order valence-corrected chi connectivity index (χ2v) is 11.7. The molecule has 7 heteroatoms. The fourth-order valence-electron chi connectivity index (χ4n) is 5.69. The number of likely N-dealkylation sites (tertiary alicyclic amines) is 1. The van der Waals surface area contributed by atoms with Crippen LogP contribution in [0.1, 0.15) is 39.9 Å². The lowest BCUT2D eigenvalue weighted by Gasteiger charge is -2.24. The Hall–Kier alpha value is -3.13. The molecule has 2 N–H and O–H groups in total. The highest BCUT2D eigenvalue weighted by Crippen LogP contribution is 2.32. The molecule has 6 nitrogen and oxygen atoms in total. The number of nitrogens with zero attached hydrogens (tertiary/aromatic N) is 1. The Morgan fingerprint density at radius 3 is 2.50 bits per heavy atom. The van der Waals surface area contributed by atoms with Crippen molar-refractivity contribution in [2.45, 2.75) is 44.8 Å². The lowest BCUT2D eigenvalue weighted by molar-refractivity contribution is -0.139. The van der Waals surface area contributed by atoms with Crippen molar-refractivity contribution in [2.75, 3.05) is 32.3 Å². The molecule has 1 heterocycles. The van der Waals surface area contributed by atoms with Crippen molar-refractivity contribution < 1.29 is 19.4 Å². The molecular weight excluding hydrogens is 520 g/mol. The van der Waals surface area contributed by atoms with Crippen LogP contribution in [0.25, 0.3) is 11.1 Å². The van der Waals surface area contributed by atoms with Gasteiger partial charge in [0, 0.05) is 31.8 Å². The molecular formula is C33H40N2O4S. The maximum atomic E-state index is 13.4. The van der Waals surface area contributed by atoms with Gasteiger partial charge in [-0.05, 0) is 84.1 Å². The number of amides is 1. The molecule has 212 valence electrons. The predicted molar refractivity (Wildman–Crippen MR) is 163 cm³/mol. The van der Waals surface area contributed by atoms with Gasteiger partial charge in [0.05, 0.1) is 6.61 Å². The molecule has 0 unspecified atom stereocenters. The number of hydrogen-bond donors (Lipinski definition) is 2. The quantitative estimate of drug-likeness (QED) is 0.280. The summed E-state index contributed by atoms with van der Waals surface area (Å²) in [4.78, 5) is 27.7. The third-order valence-corrected chi connectivity index (χ3v) is 8.35. The van der Waals surface area contributed by atoms with Gasteiger partial charge in [0.15, 0.2) is 0 Å². The summed E-state index contributed by atoms with van der Waals surface area (Å²) in [5.74, 6) is -0.165. The highest BCUT2D eigenvalue weighted by Gasteiger charge is 2.32. The number of aryl methyl sites for hydroxylation is 1. The van der Waals surface area contributed by atoms with Crippen molar-refractivity contribution in [1.29, 1.82) is 0 Å². The highest BCUT2D eigenvalue weighted by molar-refractivity contribution is 7.98. The monoisotopic (exact) mass is 560 g/mol. The van der Waals surface area contributed by atoms with Crippen LogP contribution in [-0.2, 0) is 22.5 Å². The van der Waals surface area contributed by atoms with Crippen LogP contribution in [0.15, 0.2) is 72.8 Å². The number of carboxylic acids is 1. The number of aliphatic carboxylic acids is 1. The summed E-state index contributed by atoms with van der Waals surface area (Å²) in [6.45, 7) is 4.46. The van der Waals surface area contributed by atoms with Gasteiger partial charge in [0.1, 0.15) is 6.04 Å². The van der Waals surface area contributed by atoms with Crippen molar-refractivity contribution in [1.82, 2.24) is 10.2 Å². The third kappa shape index (κ3) is 7.74. The first-order valence-electron chi connectivity index (χ1n) is 13.9. The molecule has 4 rings (SSSR count). The Morgan fingerprint density at radius 2 is 1.80 bits per heavy atom. The van der Waals surface area contributed by atoms with E-state index < -0.39 is 12.0 Å².